The fourth-order valence-electron chi connectivity index (χ4n) is 9.68. The van der Waals surface area contributed by atoms with E-state index in [2.05, 4.69) is 20.3 Å². The van der Waals surface area contributed by atoms with E-state index in [1.165, 1.54) is 30.9 Å². The number of sulfonamides is 1. The predicted octanol–water partition coefficient (Wildman–Crippen LogP) is 7.35. The molecule has 5 aliphatic rings. The largest absolute Gasteiger partial charge is 0.493 e. The Balaban J connectivity index is 1.22. The highest BCUT2D eigenvalue weighted by molar-refractivity contribution is 7.91. The molecule has 0 radical (unpaired) electrons. The van der Waals surface area contributed by atoms with Crippen molar-refractivity contribution >= 4 is 44.7 Å². The molecule has 1 spiro atoms. The maximum Gasteiger partial charge on any atom is 0.437 e. The Morgan fingerprint density at radius 1 is 1.01 bits per heavy atom. The average Bonchev–Trinajstić information content (AvgIpc) is 3.95. The van der Waals surface area contributed by atoms with Gasteiger partial charge in [0.15, 0.2) is 11.4 Å². The number of hydrogen-bond acceptors (Lipinski definition) is 11. The molecule has 0 unspecified atom stereocenters. The van der Waals surface area contributed by atoms with Crippen LogP contribution in [0.4, 0.5) is 31.1 Å². The summed E-state index contributed by atoms with van der Waals surface area (Å²) in [4.78, 5) is 63.6. The molecule has 4 aliphatic heterocycles. The number of hydrogen-bond donors (Lipinski definition) is 3. The SMILES string of the molecule is CC(C)COC(=O)N[C@H]1CCCCC/C=C\[C@H](C)[C@](C)(C(=O)NS(=O)(=O)C2(C)CC2)NC(=O)[C@@H]2C[C@]3(CCc4c(c(C(F)(F)F)nc5ccc(OCC6CCN(CC(F)(F)F)CC6)cc45)O3)CN2C1=O. The number of alkyl halides is 6. The fourth-order valence-corrected chi connectivity index (χ4v) is 11.0. The van der Waals surface area contributed by atoms with E-state index in [0.717, 1.165) is 4.90 Å². The number of allylic oxidation sites excluding steroid dienone is 1. The standard InChI is InChI=1S/C48H64F6N6O9S/c1-29(2)25-68-43(64)56-36-12-10-8-6-7-9-11-30(3)45(5,42(63)58-70(65,66)44(4)19-20-44)57-40(61)37-24-46(27-60(37)41(36)62)18-15-33-34-23-32(13-14-35(34)55-39(38(33)69-46)48(52,53)54)67-26-31-16-21-59(22-17-31)28-47(49,50)51/h9,11,13-14,23,29-31,36-37H,6-8,10,12,15-22,24-28H2,1-5H3,(H,56,64)(H,57,61)(H,58,63)/b11-9-/t30-,36-,37-,45+,46+/m0/s1. The summed E-state index contributed by atoms with van der Waals surface area (Å²) >= 11 is 0. The third-order valence-corrected chi connectivity index (χ3v) is 16.7. The van der Waals surface area contributed by atoms with Crippen LogP contribution in [-0.2, 0) is 41.7 Å². The molecule has 1 aliphatic carbocycles. The first kappa shape index (κ1) is 53.0. The summed E-state index contributed by atoms with van der Waals surface area (Å²) < 4.78 is 130. The minimum absolute atomic E-state index is 0.00349. The van der Waals surface area contributed by atoms with Crippen LogP contribution in [0, 0.1) is 17.8 Å². The van der Waals surface area contributed by atoms with Crippen molar-refractivity contribution < 1.29 is 68.1 Å². The van der Waals surface area contributed by atoms with Crippen LogP contribution in [0.2, 0.25) is 0 Å². The second-order valence-corrected chi connectivity index (χ2v) is 22.9. The Kier molecular flexibility index (Phi) is 15.4. The molecule has 15 nitrogen and oxygen atoms in total. The van der Waals surface area contributed by atoms with E-state index in [9.17, 15) is 40.8 Å². The van der Waals surface area contributed by atoms with Gasteiger partial charge in [0.25, 0.3) is 5.91 Å². The molecular formula is C48H64F6N6O9S. The number of pyridine rings is 1. The summed E-state index contributed by atoms with van der Waals surface area (Å²) in [5, 5.41) is 5.71. The highest BCUT2D eigenvalue weighted by Gasteiger charge is 2.57. The Morgan fingerprint density at radius 3 is 2.39 bits per heavy atom. The van der Waals surface area contributed by atoms with Gasteiger partial charge in [0.05, 0.1) is 36.6 Å². The topological polar surface area (TPSA) is 186 Å². The molecule has 4 amide bonds. The Labute approximate surface area is 404 Å². The van der Waals surface area contributed by atoms with Crippen molar-refractivity contribution in [2.24, 2.45) is 17.8 Å². The molecule has 70 heavy (non-hydrogen) atoms. The number of rotatable bonds is 10. The third-order valence-electron chi connectivity index (χ3n) is 14.5. The van der Waals surface area contributed by atoms with Crippen molar-refractivity contribution in [1.29, 1.82) is 0 Å². The number of nitrogens with one attached hydrogen (secondary N) is 3. The summed E-state index contributed by atoms with van der Waals surface area (Å²) in [6.45, 7) is 7.48. The first-order valence-electron chi connectivity index (χ1n) is 24.2. The monoisotopic (exact) mass is 1010 g/mol. The van der Waals surface area contributed by atoms with Gasteiger partial charge in [-0.05, 0) is 115 Å². The maximum absolute atomic E-state index is 15.1. The maximum atomic E-state index is 15.1. The first-order chi connectivity index (χ1) is 32.7. The van der Waals surface area contributed by atoms with Gasteiger partial charge in [0.1, 0.15) is 29.0 Å². The zero-order chi connectivity index (χ0) is 51.0. The van der Waals surface area contributed by atoms with Crippen LogP contribution in [-0.4, -0.2) is 121 Å². The lowest BCUT2D eigenvalue weighted by Gasteiger charge is -2.37. The van der Waals surface area contributed by atoms with Gasteiger partial charge in [0.2, 0.25) is 21.8 Å². The van der Waals surface area contributed by atoms with E-state index in [-0.39, 0.29) is 74.9 Å². The van der Waals surface area contributed by atoms with Crippen LogP contribution >= 0.6 is 0 Å². The first-order valence-corrected chi connectivity index (χ1v) is 25.6. The normalized spacial score (nSPS) is 27.7. The van der Waals surface area contributed by atoms with Gasteiger partial charge in [-0.15, -0.1) is 0 Å². The summed E-state index contributed by atoms with van der Waals surface area (Å²) in [6.07, 6.45) is -3.06. The number of benzene rings is 1. The minimum atomic E-state index is -5.02. The van der Waals surface area contributed by atoms with E-state index in [1.807, 2.05) is 19.9 Å². The molecule has 2 aromatic rings. The van der Waals surface area contributed by atoms with E-state index in [1.54, 1.807) is 19.1 Å². The van der Waals surface area contributed by atoms with Crippen molar-refractivity contribution in [2.45, 2.75) is 152 Å². The van der Waals surface area contributed by atoms with Gasteiger partial charge in [-0.1, -0.05) is 45.8 Å². The molecule has 3 fully saturated rings. The molecule has 388 valence electrons. The predicted molar refractivity (Wildman–Crippen MR) is 245 cm³/mol. The number of halogens is 6. The van der Waals surface area contributed by atoms with Crippen molar-refractivity contribution in [1.82, 2.24) is 30.1 Å². The van der Waals surface area contributed by atoms with Crippen molar-refractivity contribution in [3.05, 3.63) is 41.6 Å². The molecule has 5 heterocycles. The van der Waals surface area contributed by atoms with Crippen LogP contribution in [0.5, 0.6) is 11.5 Å². The number of fused-ring (bicyclic) bond motifs is 4. The molecule has 1 aromatic carbocycles. The van der Waals surface area contributed by atoms with Crippen molar-refractivity contribution in [3.63, 3.8) is 0 Å². The molecule has 7 rings (SSSR count). The number of amides is 4. The summed E-state index contributed by atoms with van der Waals surface area (Å²) in [6, 6.07) is 1.70. The third kappa shape index (κ3) is 12.1. The number of alkyl carbamates (subject to hydrolysis) is 1. The second-order valence-electron chi connectivity index (χ2n) is 20.7. The van der Waals surface area contributed by atoms with Gasteiger partial charge < -0.3 is 29.7 Å². The van der Waals surface area contributed by atoms with Crippen LogP contribution in [0.3, 0.4) is 0 Å². The van der Waals surface area contributed by atoms with E-state index in [4.69, 9.17) is 14.2 Å². The highest BCUT2D eigenvalue weighted by Crippen LogP contribution is 2.49. The average molecular weight is 1020 g/mol. The Hall–Kier alpha value is -4.86. The van der Waals surface area contributed by atoms with E-state index >= 15 is 13.2 Å². The number of likely N-dealkylation sites (tertiary alicyclic amines) is 1. The van der Waals surface area contributed by atoms with Crippen molar-refractivity contribution in [3.8, 4) is 11.5 Å². The fraction of sp³-hybridized carbons (Fsp3) is 0.688. The quantitative estimate of drug-likeness (QED) is 0.160. The molecule has 22 heteroatoms. The van der Waals surface area contributed by atoms with E-state index in [0.29, 0.717) is 62.5 Å². The Bertz CT molecular complexity index is 2440. The van der Waals surface area contributed by atoms with Gasteiger partial charge in [-0.25, -0.2) is 18.2 Å². The van der Waals surface area contributed by atoms with Gasteiger partial charge in [-0.2, -0.15) is 26.3 Å². The number of ether oxygens (including phenoxy) is 3. The number of piperidine rings is 1. The highest BCUT2D eigenvalue weighted by atomic mass is 32.2. The number of nitrogens with zero attached hydrogens (tertiary/aromatic N) is 3. The van der Waals surface area contributed by atoms with Crippen LogP contribution in [0.25, 0.3) is 10.9 Å². The molecule has 1 aromatic heterocycles. The second kappa shape index (κ2) is 20.3. The summed E-state index contributed by atoms with van der Waals surface area (Å²) in [7, 11) is -4.19. The number of carbonyl (C=O) groups is 4. The van der Waals surface area contributed by atoms with Gasteiger partial charge >= 0.3 is 18.4 Å². The molecular weight excluding hydrogens is 951 g/mol. The number of aryl methyl sites for hydroxylation is 1. The number of aromatic nitrogens is 1. The lowest BCUT2D eigenvalue weighted by atomic mass is 9.84. The zero-order valence-electron chi connectivity index (χ0n) is 40.2. The van der Waals surface area contributed by atoms with Crippen LogP contribution in [0.15, 0.2) is 30.4 Å². The molecule has 5 atom stereocenters. The molecule has 3 N–H and O–H groups in total. The minimum Gasteiger partial charge on any atom is -0.493 e. The van der Waals surface area contributed by atoms with E-state index < -0.39 is 105 Å². The number of carbonyl (C=O) groups excluding carboxylic acids is 4. The van der Waals surface area contributed by atoms with Gasteiger partial charge in [-0.3, -0.25) is 24.0 Å². The lowest BCUT2D eigenvalue weighted by Crippen LogP contribution is -2.64. The van der Waals surface area contributed by atoms with Gasteiger partial charge in [0, 0.05) is 23.3 Å². The molecule has 0 bridgehead atoms. The Morgan fingerprint density at radius 2 is 1.73 bits per heavy atom. The van der Waals surface area contributed by atoms with Crippen molar-refractivity contribution in [2.75, 3.05) is 39.4 Å². The molecule has 1 saturated carbocycles. The smallest absolute Gasteiger partial charge is 0.437 e. The summed E-state index contributed by atoms with van der Waals surface area (Å²) in [5.41, 5.74) is -4.71. The summed E-state index contributed by atoms with van der Waals surface area (Å²) in [5.74, 6) is -3.81. The van der Waals surface area contributed by atoms with Crippen LogP contribution in [0.1, 0.15) is 117 Å². The zero-order valence-corrected chi connectivity index (χ0v) is 41.0. The molecule has 2 saturated heterocycles. The lowest BCUT2D eigenvalue weighted by molar-refractivity contribution is -0.149. The van der Waals surface area contributed by atoms with Crippen LogP contribution < -0.4 is 24.8 Å².